The molecule has 0 aromatic heterocycles. The van der Waals surface area contributed by atoms with Crippen molar-refractivity contribution in [1.29, 1.82) is 0 Å². The van der Waals surface area contributed by atoms with Crippen LogP contribution in [0.4, 0.5) is 4.39 Å². The Labute approximate surface area is 101 Å². The molecule has 1 rings (SSSR count). The fourth-order valence-electron chi connectivity index (χ4n) is 1.48. The topological polar surface area (TPSA) is 58.4 Å². The normalized spacial score (nSPS) is 12.6. The number of hydrogen-bond donors (Lipinski definition) is 2. The monoisotopic (exact) mass is 239 g/mol. The lowest BCUT2D eigenvalue weighted by molar-refractivity contribution is -0.126. The number of benzene rings is 1. The van der Waals surface area contributed by atoms with Gasteiger partial charge in [0.25, 0.3) is 5.91 Å². The van der Waals surface area contributed by atoms with Gasteiger partial charge in [0.2, 0.25) is 0 Å². The second-order valence-electron chi connectivity index (χ2n) is 4.26. The number of nitrogens with one attached hydrogen (secondary N) is 1. The summed E-state index contributed by atoms with van der Waals surface area (Å²) in [5.74, 6) is -0.503. The molecule has 0 saturated heterocycles. The number of carbonyl (C=O) groups excluding carboxylic acids is 1. The third-order valence-electron chi connectivity index (χ3n) is 2.35. The van der Waals surface area contributed by atoms with Crippen LogP contribution >= 0.6 is 0 Å². The van der Waals surface area contributed by atoms with Gasteiger partial charge in [0, 0.05) is 14.1 Å². The van der Waals surface area contributed by atoms with Gasteiger partial charge in [0.15, 0.2) is 0 Å². The van der Waals surface area contributed by atoms with Crippen molar-refractivity contribution in [2.24, 2.45) is 5.73 Å². The number of hydrogen-bond acceptors (Lipinski definition) is 3. The Morgan fingerprint density at radius 3 is 2.71 bits per heavy atom. The molecule has 0 aliphatic heterocycles. The van der Waals surface area contributed by atoms with Crippen LogP contribution in [0.3, 0.4) is 0 Å². The molecule has 3 N–H and O–H groups in total. The van der Waals surface area contributed by atoms with Crippen LogP contribution in [0, 0.1) is 12.7 Å². The Kier molecular flexibility index (Phi) is 4.60. The molecule has 0 bridgehead atoms. The lowest BCUT2D eigenvalue weighted by atomic mass is 10.0. The van der Waals surface area contributed by atoms with E-state index in [4.69, 9.17) is 5.73 Å². The van der Waals surface area contributed by atoms with E-state index in [0.29, 0.717) is 12.0 Å². The van der Waals surface area contributed by atoms with Gasteiger partial charge in [-0.1, -0.05) is 12.1 Å². The molecule has 0 spiro atoms. The number of halogens is 1. The van der Waals surface area contributed by atoms with Crippen molar-refractivity contribution >= 4 is 5.91 Å². The summed E-state index contributed by atoms with van der Waals surface area (Å²) < 4.78 is 13.0. The minimum absolute atomic E-state index is 0.250. The van der Waals surface area contributed by atoms with Crippen LogP contribution in [0.5, 0.6) is 0 Å². The van der Waals surface area contributed by atoms with E-state index in [1.54, 1.807) is 33.2 Å². The second-order valence-corrected chi connectivity index (χ2v) is 4.26. The lowest BCUT2D eigenvalue weighted by Crippen LogP contribution is -2.47. The molecule has 94 valence electrons. The maximum Gasteiger partial charge on any atom is 0.251 e. The van der Waals surface area contributed by atoms with Gasteiger partial charge in [-0.05, 0) is 30.5 Å². The molecule has 0 heterocycles. The summed E-state index contributed by atoms with van der Waals surface area (Å²) in [6.45, 7) is 1.68. The summed E-state index contributed by atoms with van der Waals surface area (Å²) in [4.78, 5) is 11.6. The summed E-state index contributed by atoms with van der Waals surface area (Å²) in [7, 11) is 3.43. The average molecular weight is 239 g/mol. The summed E-state index contributed by atoms with van der Waals surface area (Å²) in [5.41, 5.74) is 9.75. The average Bonchev–Trinajstić information content (AvgIpc) is 2.22. The predicted molar refractivity (Wildman–Crippen MR) is 64.6 cm³/mol. The third kappa shape index (κ3) is 4.13. The number of hydrazine groups is 1. The Morgan fingerprint density at radius 2 is 2.18 bits per heavy atom. The fraction of sp³-hybridized carbons (Fsp3) is 0.417. The SMILES string of the molecule is Cc1cc(CC(N)C(=O)NN(C)C)ccc1F. The Hall–Kier alpha value is -1.46. The first kappa shape index (κ1) is 13.6. The maximum absolute atomic E-state index is 13.0. The minimum atomic E-state index is -0.637. The number of nitrogens with two attached hydrogens (primary N) is 1. The van der Waals surface area contributed by atoms with Crippen LogP contribution < -0.4 is 11.2 Å². The van der Waals surface area contributed by atoms with E-state index in [2.05, 4.69) is 5.43 Å². The molecular formula is C12H18FN3O. The van der Waals surface area contributed by atoms with Crippen LogP contribution in [0.15, 0.2) is 18.2 Å². The highest BCUT2D eigenvalue weighted by molar-refractivity contribution is 5.81. The molecule has 0 radical (unpaired) electrons. The standard InChI is InChI=1S/C12H18FN3O/c1-8-6-9(4-5-10(8)13)7-11(14)12(17)15-16(2)3/h4-6,11H,7,14H2,1-3H3,(H,15,17). The van der Waals surface area contributed by atoms with Crippen LogP contribution in [0.25, 0.3) is 0 Å². The maximum atomic E-state index is 13.0. The van der Waals surface area contributed by atoms with E-state index in [1.165, 1.54) is 11.1 Å². The van der Waals surface area contributed by atoms with Gasteiger partial charge in [-0.15, -0.1) is 0 Å². The summed E-state index contributed by atoms with van der Waals surface area (Å²) >= 11 is 0. The highest BCUT2D eigenvalue weighted by Gasteiger charge is 2.14. The molecule has 0 aliphatic carbocycles. The molecule has 1 unspecified atom stereocenters. The van der Waals surface area contributed by atoms with Crippen molar-refractivity contribution in [3.05, 3.63) is 35.1 Å². The Balaban J connectivity index is 2.64. The molecule has 1 atom stereocenters. The van der Waals surface area contributed by atoms with Crippen molar-refractivity contribution < 1.29 is 9.18 Å². The molecule has 4 nitrogen and oxygen atoms in total. The zero-order chi connectivity index (χ0) is 13.0. The first-order valence-corrected chi connectivity index (χ1v) is 5.38. The smallest absolute Gasteiger partial charge is 0.251 e. The van der Waals surface area contributed by atoms with E-state index in [-0.39, 0.29) is 11.7 Å². The quantitative estimate of drug-likeness (QED) is 0.756. The van der Waals surface area contributed by atoms with Gasteiger partial charge in [-0.25, -0.2) is 9.40 Å². The van der Waals surface area contributed by atoms with E-state index in [9.17, 15) is 9.18 Å². The minimum Gasteiger partial charge on any atom is -0.320 e. The van der Waals surface area contributed by atoms with Crippen LogP contribution in [-0.2, 0) is 11.2 Å². The predicted octanol–water partition coefficient (Wildman–Crippen LogP) is 0.597. The Bertz CT molecular complexity index is 407. The third-order valence-corrected chi connectivity index (χ3v) is 2.35. The number of rotatable bonds is 4. The Morgan fingerprint density at radius 1 is 1.53 bits per heavy atom. The number of carbonyl (C=O) groups is 1. The first-order valence-electron chi connectivity index (χ1n) is 5.38. The zero-order valence-corrected chi connectivity index (χ0v) is 10.3. The summed E-state index contributed by atoms with van der Waals surface area (Å²) in [5, 5.41) is 1.54. The molecule has 0 aliphatic rings. The van der Waals surface area contributed by atoms with Gasteiger partial charge in [-0.3, -0.25) is 10.2 Å². The fourth-order valence-corrected chi connectivity index (χ4v) is 1.48. The highest BCUT2D eigenvalue weighted by Crippen LogP contribution is 2.10. The number of aryl methyl sites for hydroxylation is 1. The second kappa shape index (κ2) is 5.75. The molecule has 5 heteroatoms. The molecule has 17 heavy (non-hydrogen) atoms. The molecule has 1 aromatic rings. The molecular weight excluding hydrogens is 221 g/mol. The number of amides is 1. The van der Waals surface area contributed by atoms with Crippen molar-refractivity contribution in [3.63, 3.8) is 0 Å². The van der Waals surface area contributed by atoms with Gasteiger partial charge >= 0.3 is 0 Å². The van der Waals surface area contributed by atoms with Crippen molar-refractivity contribution in [2.75, 3.05) is 14.1 Å². The van der Waals surface area contributed by atoms with Crippen LogP contribution in [0.2, 0.25) is 0 Å². The van der Waals surface area contributed by atoms with Crippen molar-refractivity contribution in [1.82, 2.24) is 10.4 Å². The highest BCUT2D eigenvalue weighted by atomic mass is 19.1. The van der Waals surface area contributed by atoms with Gasteiger partial charge in [0.05, 0.1) is 6.04 Å². The molecule has 1 aromatic carbocycles. The van der Waals surface area contributed by atoms with Gasteiger partial charge in [-0.2, -0.15) is 0 Å². The first-order chi connectivity index (χ1) is 7.90. The van der Waals surface area contributed by atoms with Crippen molar-refractivity contribution in [3.8, 4) is 0 Å². The number of nitrogens with zero attached hydrogens (tertiary/aromatic N) is 1. The van der Waals surface area contributed by atoms with Crippen LogP contribution in [-0.4, -0.2) is 31.1 Å². The van der Waals surface area contributed by atoms with Crippen LogP contribution in [0.1, 0.15) is 11.1 Å². The summed E-state index contributed by atoms with van der Waals surface area (Å²) in [6.07, 6.45) is 0.390. The van der Waals surface area contributed by atoms with E-state index >= 15 is 0 Å². The lowest BCUT2D eigenvalue weighted by Gasteiger charge is -2.16. The summed E-state index contributed by atoms with van der Waals surface area (Å²) in [6, 6.07) is 4.10. The molecule has 1 amide bonds. The van der Waals surface area contributed by atoms with Gasteiger partial charge in [0.1, 0.15) is 5.82 Å². The van der Waals surface area contributed by atoms with E-state index < -0.39 is 6.04 Å². The van der Waals surface area contributed by atoms with E-state index in [0.717, 1.165) is 5.56 Å². The molecule has 0 fully saturated rings. The zero-order valence-electron chi connectivity index (χ0n) is 10.3. The molecule has 0 saturated carbocycles. The van der Waals surface area contributed by atoms with Crippen molar-refractivity contribution in [2.45, 2.75) is 19.4 Å². The van der Waals surface area contributed by atoms with E-state index in [1.807, 2.05) is 0 Å². The van der Waals surface area contributed by atoms with Gasteiger partial charge < -0.3 is 5.73 Å². The largest absolute Gasteiger partial charge is 0.320 e.